The lowest BCUT2D eigenvalue weighted by Crippen LogP contribution is -2.37. The van der Waals surface area contributed by atoms with Crippen LogP contribution in [0.3, 0.4) is 0 Å². The van der Waals surface area contributed by atoms with Gasteiger partial charge in [-0.1, -0.05) is 6.07 Å². The lowest BCUT2D eigenvalue weighted by atomic mass is 10.3. The minimum atomic E-state index is 0.858. The third-order valence-corrected chi connectivity index (χ3v) is 3.93. The van der Waals surface area contributed by atoms with Crippen molar-refractivity contribution in [2.24, 2.45) is 0 Å². The third kappa shape index (κ3) is 2.58. The molecule has 0 atom stereocenters. The van der Waals surface area contributed by atoms with Crippen LogP contribution in [0, 0.1) is 0 Å². The molecule has 0 radical (unpaired) electrons. The van der Waals surface area contributed by atoms with Crippen molar-refractivity contribution in [1.82, 2.24) is 14.3 Å². The molecule has 0 aliphatic carbocycles. The summed E-state index contributed by atoms with van der Waals surface area (Å²) in [5, 5.41) is 0. The number of hydrogen-bond acceptors (Lipinski definition) is 3. The molecule has 0 aromatic carbocycles. The highest BCUT2D eigenvalue weighted by Gasteiger charge is 2.11. The minimum absolute atomic E-state index is 0.858. The highest BCUT2D eigenvalue weighted by molar-refractivity contribution is 9.10. The van der Waals surface area contributed by atoms with E-state index in [1.807, 2.05) is 18.2 Å². The lowest BCUT2D eigenvalue weighted by Gasteiger charge is -2.26. The van der Waals surface area contributed by atoms with Crippen molar-refractivity contribution in [2.75, 3.05) is 32.8 Å². The molecule has 2 aromatic heterocycles. The Hall–Kier alpha value is -0.910. The summed E-state index contributed by atoms with van der Waals surface area (Å²) in [6.45, 7) is 4.85. The molecule has 0 saturated carbocycles. The zero-order chi connectivity index (χ0) is 12.4. The van der Waals surface area contributed by atoms with E-state index in [2.05, 4.69) is 36.4 Å². The zero-order valence-electron chi connectivity index (χ0n) is 10.2. The Bertz CT molecular complexity index is 534. The summed E-state index contributed by atoms with van der Waals surface area (Å²) in [5.41, 5.74) is 2.15. The number of nitrogens with zero attached hydrogens (tertiary/aromatic N) is 3. The van der Waals surface area contributed by atoms with Crippen LogP contribution in [0.4, 0.5) is 0 Å². The number of halogens is 1. The molecule has 5 heteroatoms. The van der Waals surface area contributed by atoms with E-state index in [9.17, 15) is 0 Å². The van der Waals surface area contributed by atoms with Gasteiger partial charge < -0.3 is 4.74 Å². The summed E-state index contributed by atoms with van der Waals surface area (Å²) in [7, 11) is 0. The van der Waals surface area contributed by atoms with Crippen LogP contribution in [0.15, 0.2) is 29.0 Å². The topological polar surface area (TPSA) is 29.8 Å². The molecular formula is C13H16BrN3O. The first-order valence-electron chi connectivity index (χ1n) is 6.25. The van der Waals surface area contributed by atoms with E-state index in [0.717, 1.165) is 55.2 Å². The molecule has 18 heavy (non-hydrogen) atoms. The van der Waals surface area contributed by atoms with E-state index in [1.165, 1.54) is 0 Å². The van der Waals surface area contributed by atoms with Crippen LogP contribution in [0.25, 0.3) is 5.65 Å². The van der Waals surface area contributed by atoms with Crippen LogP contribution in [-0.2, 0) is 11.2 Å². The summed E-state index contributed by atoms with van der Waals surface area (Å²) in [4.78, 5) is 7.07. The normalized spacial score (nSPS) is 17.4. The number of imidazole rings is 1. The van der Waals surface area contributed by atoms with Crippen LogP contribution in [0.5, 0.6) is 0 Å². The van der Waals surface area contributed by atoms with E-state index in [0.29, 0.717) is 0 Å². The molecule has 96 valence electrons. The van der Waals surface area contributed by atoms with E-state index in [-0.39, 0.29) is 0 Å². The van der Waals surface area contributed by atoms with Crippen molar-refractivity contribution >= 4 is 21.6 Å². The first kappa shape index (κ1) is 12.1. The monoisotopic (exact) mass is 309 g/mol. The number of rotatable bonds is 3. The van der Waals surface area contributed by atoms with Crippen LogP contribution in [0.2, 0.25) is 0 Å². The maximum Gasteiger partial charge on any atom is 0.137 e. The second kappa shape index (κ2) is 5.38. The number of aromatic nitrogens is 2. The quantitative estimate of drug-likeness (QED) is 0.812. The van der Waals surface area contributed by atoms with Gasteiger partial charge in [-0.15, -0.1) is 0 Å². The van der Waals surface area contributed by atoms with E-state index >= 15 is 0 Å². The fourth-order valence-corrected chi connectivity index (χ4v) is 2.68. The highest BCUT2D eigenvalue weighted by Crippen LogP contribution is 2.14. The summed E-state index contributed by atoms with van der Waals surface area (Å²) >= 11 is 3.53. The van der Waals surface area contributed by atoms with E-state index < -0.39 is 0 Å². The molecule has 0 bridgehead atoms. The molecule has 2 aromatic rings. The molecule has 3 heterocycles. The van der Waals surface area contributed by atoms with E-state index in [4.69, 9.17) is 4.74 Å². The van der Waals surface area contributed by atoms with Crippen molar-refractivity contribution in [1.29, 1.82) is 0 Å². The van der Waals surface area contributed by atoms with E-state index in [1.54, 1.807) is 0 Å². The van der Waals surface area contributed by atoms with Crippen molar-refractivity contribution in [3.05, 3.63) is 34.7 Å². The second-order valence-corrected chi connectivity index (χ2v) is 5.33. The Morgan fingerprint density at radius 1 is 1.28 bits per heavy atom. The number of hydrogen-bond donors (Lipinski definition) is 0. The van der Waals surface area contributed by atoms with Crippen LogP contribution < -0.4 is 0 Å². The highest BCUT2D eigenvalue weighted by atomic mass is 79.9. The molecule has 4 nitrogen and oxygen atoms in total. The Balaban J connectivity index is 1.69. The molecule has 0 amide bonds. The Kier molecular flexibility index (Phi) is 3.63. The molecular weight excluding hydrogens is 294 g/mol. The van der Waals surface area contributed by atoms with Gasteiger partial charge in [-0.2, -0.15) is 0 Å². The van der Waals surface area contributed by atoms with Gasteiger partial charge in [0.15, 0.2) is 0 Å². The number of fused-ring (bicyclic) bond motifs is 1. The average molecular weight is 310 g/mol. The molecule has 1 aliphatic heterocycles. The Morgan fingerprint density at radius 2 is 2.11 bits per heavy atom. The maximum atomic E-state index is 5.35. The van der Waals surface area contributed by atoms with Gasteiger partial charge in [0.2, 0.25) is 0 Å². The third-order valence-electron chi connectivity index (χ3n) is 3.28. The predicted octanol–water partition coefficient (Wildman–Crippen LogP) is 1.97. The van der Waals surface area contributed by atoms with Gasteiger partial charge in [0, 0.05) is 32.3 Å². The standard InChI is InChI=1S/C13H16BrN3O/c14-12-2-1-3-13-15-11(10-17(12)13)4-5-16-6-8-18-9-7-16/h1-3,10H,4-9H2. The molecule has 1 fully saturated rings. The molecule has 1 aliphatic rings. The molecule has 0 spiro atoms. The predicted molar refractivity (Wildman–Crippen MR) is 73.9 cm³/mol. The number of ether oxygens (including phenoxy) is 1. The van der Waals surface area contributed by atoms with Crippen molar-refractivity contribution in [2.45, 2.75) is 6.42 Å². The summed E-state index contributed by atoms with van der Waals surface area (Å²) in [6, 6.07) is 6.07. The van der Waals surface area contributed by atoms with Gasteiger partial charge >= 0.3 is 0 Å². The zero-order valence-corrected chi connectivity index (χ0v) is 11.8. The first-order chi connectivity index (χ1) is 8.83. The Labute approximate surface area is 115 Å². The Morgan fingerprint density at radius 3 is 2.89 bits per heavy atom. The SMILES string of the molecule is Brc1cccc2nc(CCN3CCOCC3)cn12. The minimum Gasteiger partial charge on any atom is -0.379 e. The molecule has 1 saturated heterocycles. The van der Waals surface area contributed by atoms with Gasteiger partial charge in [0.05, 0.1) is 23.5 Å². The fourth-order valence-electron chi connectivity index (χ4n) is 2.25. The van der Waals surface area contributed by atoms with Crippen LogP contribution >= 0.6 is 15.9 Å². The number of morpholine rings is 1. The first-order valence-corrected chi connectivity index (χ1v) is 7.05. The largest absolute Gasteiger partial charge is 0.379 e. The van der Waals surface area contributed by atoms with Gasteiger partial charge in [-0.05, 0) is 28.1 Å². The molecule has 3 rings (SSSR count). The smallest absolute Gasteiger partial charge is 0.137 e. The second-order valence-electron chi connectivity index (χ2n) is 4.51. The summed E-state index contributed by atoms with van der Waals surface area (Å²) in [5.74, 6) is 0. The summed E-state index contributed by atoms with van der Waals surface area (Å²) in [6.07, 6.45) is 3.11. The van der Waals surface area contributed by atoms with Gasteiger partial charge in [0.1, 0.15) is 5.65 Å². The number of pyridine rings is 1. The molecule has 0 unspecified atom stereocenters. The van der Waals surface area contributed by atoms with Crippen molar-refractivity contribution in [3.8, 4) is 0 Å². The summed E-state index contributed by atoms with van der Waals surface area (Å²) < 4.78 is 8.47. The molecule has 0 N–H and O–H groups in total. The maximum absolute atomic E-state index is 5.35. The van der Waals surface area contributed by atoms with Gasteiger partial charge in [-0.3, -0.25) is 9.30 Å². The van der Waals surface area contributed by atoms with Crippen LogP contribution in [-0.4, -0.2) is 47.1 Å². The van der Waals surface area contributed by atoms with Crippen molar-refractivity contribution < 1.29 is 4.74 Å². The average Bonchev–Trinajstić information content (AvgIpc) is 2.82. The van der Waals surface area contributed by atoms with Gasteiger partial charge in [-0.25, -0.2) is 4.98 Å². The lowest BCUT2D eigenvalue weighted by molar-refractivity contribution is 0.0383. The fraction of sp³-hybridized carbons (Fsp3) is 0.462. The van der Waals surface area contributed by atoms with Crippen LogP contribution in [0.1, 0.15) is 5.69 Å². The van der Waals surface area contributed by atoms with Gasteiger partial charge in [0.25, 0.3) is 0 Å². The van der Waals surface area contributed by atoms with Crippen molar-refractivity contribution in [3.63, 3.8) is 0 Å².